The molecule has 1 heterocycles. The van der Waals surface area contributed by atoms with Crippen molar-refractivity contribution < 1.29 is 22.1 Å². The van der Waals surface area contributed by atoms with Crippen LogP contribution in [0.3, 0.4) is 0 Å². The maximum Gasteiger partial charge on any atom is 0.339 e. The Morgan fingerprint density at radius 1 is 1.14 bits per heavy atom. The summed E-state index contributed by atoms with van der Waals surface area (Å²) in [7, 11) is -4.09. The van der Waals surface area contributed by atoms with Gasteiger partial charge in [-0.1, -0.05) is 29.8 Å². The van der Waals surface area contributed by atoms with E-state index in [4.69, 9.17) is 8.92 Å². The van der Waals surface area contributed by atoms with Gasteiger partial charge in [0.1, 0.15) is 4.90 Å². The highest BCUT2D eigenvalue weighted by Gasteiger charge is 2.26. The predicted octanol–water partition coefficient (Wildman–Crippen LogP) is 6.42. The minimum Gasteiger partial charge on any atom is -0.490 e. The Kier molecular flexibility index (Phi) is 8.43. The summed E-state index contributed by atoms with van der Waals surface area (Å²) in [6.07, 6.45) is 1.68. The number of amidine groups is 1. The third kappa shape index (κ3) is 6.31. The predicted molar refractivity (Wildman–Crippen MR) is 154 cm³/mol. The average molecular weight is 699 g/mol. The van der Waals surface area contributed by atoms with E-state index in [-0.39, 0.29) is 28.9 Å². The average Bonchev–Trinajstić information content (AvgIpc) is 3.16. The van der Waals surface area contributed by atoms with Crippen LogP contribution < -0.4 is 14.2 Å². The fourth-order valence-corrected chi connectivity index (χ4v) is 6.11. The van der Waals surface area contributed by atoms with E-state index < -0.39 is 10.1 Å². The summed E-state index contributed by atoms with van der Waals surface area (Å²) < 4.78 is 38.2. The van der Waals surface area contributed by atoms with Crippen LogP contribution in [0.15, 0.2) is 79.9 Å². The summed E-state index contributed by atoms with van der Waals surface area (Å²) in [4.78, 5) is 17.6. The van der Waals surface area contributed by atoms with Gasteiger partial charge >= 0.3 is 10.1 Å². The second kappa shape index (κ2) is 11.4. The summed E-state index contributed by atoms with van der Waals surface area (Å²) in [6, 6.07) is 17.3. The normalized spacial score (nSPS) is 15.8. The van der Waals surface area contributed by atoms with Crippen molar-refractivity contribution in [1.29, 1.82) is 0 Å². The van der Waals surface area contributed by atoms with Crippen molar-refractivity contribution in [2.24, 2.45) is 4.99 Å². The quantitative estimate of drug-likeness (QED) is 0.174. The van der Waals surface area contributed by atoms with E-state index in [1.165, 1.54) is 23.9 Å². The molecule has 3 aromatic rings. The summed E-state index contributed by atoms with van der Waals surface area (Å²) in [5.41, 5.74) is 2.32. The monoisotopic (exact) mass is 698 g/mol. The zero-order chi connectivity index (χ0) is 25.9. The summed E-state index contributed by atoms with van der Waals surface area (Å²) in [5, 5.41) is 3.25. The molecule has 0 atom stereocenters. The topological polar surface area (TPSA) is 94.1 Å². The van der Waals surface area contributed by atoms with Crippen LogP contribution in [-0.2, 0) is 14.9 Å². The van der Waals surface area contributed by atoms with E-state index in [1.54, 1.807) is 37.3 Å². The lowest BCUT2D eigenvalue weighted by Gasteiger charge is -2.14. The Balaban J connectivity index is 1.63. The molecule has 1 aliphatic rings. The van der Waals surface area contributed by atoms with Crippen molar-refractivity contribution in [3.63, 3.8) is 0 Å². The molecule has 0 aliphatic carbocycles. The number of thioether (sulfide) groups is 1. The smallest absolute Gasteiger partial charge is 0.339 e. The van der Waals surface area contributed by atoms with Crippen LogP contribution in [0.5, 0.6) is 11.5 Å². The van der Waals surface area contributed by atoms with Gasteiger partial charge in [0.05, 0.1) is 21.7 Å². The van der Waals surface area contributed by atoms with Gasteiger partial charge in [-0.15, -0.1) is 0 Å². The van der Waals surface area contributed by atoms with Crippen LogP contribution in [-0.4, -0.2) is 26.1 Å². The first-order valence-corrected chi connectivity index (χ1v) is 14.8. The Labute approximate surface area is 235 Å². The van der Waals surface area contributed by atoms with Crippen LogP contribution in [0.25, 0.3) is 6.08 Å². The van der Waals surface area contributed by atoms with Crippen molar-refractivity contribution >= 4 is 83.2 Å². The Bertz CT molecular complexity index is 1490. The van der Waals surface area contributed by atoms with Gasteiger partial charge in [-0.25, -0.2) is 4.99 Å². The van der Waals surface area contributed by atoms with Crippen molar-refractivity contribution in [2.45, 2.75) is 18.7 Å². The zero-order valence-electron chi connectivity index (χ0n) is 19.1. The number of nitrogens with one attached hydrogen (secondary N) is 1. The number of nitrogens with zero attached hydrogens (tertiary/aromatic N) is 1. The molecule has 0 spiro atoms. The summed E-state index contributed by atoms with van der Waals surface area (Å²) >= 11 is 6.81. The van der Waals surface area contributed by atoms with Gasteiger partial charge in [0.15, 0.2) is 16.7 Å². The molecule has 11 heteroatoms. The highest BCUT2D eigenvalue weighted by atomic mass is 127. The molecular weight excluding hydrogens is 679 g/mol. The number of ether oxygens (including phenoxy) is 1. The molecule has 186 valence electrons. The Hall–Kier alpha value is -2.35. The number of benzene rings is 3. The van der Waals surface area contributed by atoms with Gasteiger partial charge in [0, 0.05) is 3.57 Å². The molecule has 1 amide bonds. The molecule has 1 fully saturated rings. The number of carbonyl (C=O) groups is 1. The van der Waals surface area contributed by atoms with Crippen LogP contribution in [0.4, 0.5) is 5.69 Å². The molecule has 0 unspecified atom stereocenters. The first kappa shape index (κ1) is 26.7. The van der Waals surface area contributed by atoms with Gasteiger partial charge in [0.25, 0.3) is 5.91 Å². The molecule has 0 bridgehead atoms. The second-order valence-electron chi connectivity index (χ2n) is 7.55. The van der Waals surface area contributed by atoms with E-state index in [9.17, 15) is 13.2 Å². The van der Waals surface area contributed by atoms with Gasteiger partial charge in [0.2, 0.25) is 0 Å². The van der Waals surface area contributed by atoms with Gasteiger partial charge in [-0.2, -0.15) is 8.42 Å². The maximum atomic E-state index is 12.9. The molecule has 1 N–H and O–H groups in total. The number of halogens is 2. The van der Waals surface area contributed by atoms with Gasteiger partial charge in [-0.05, 0) is 112 Å². The van der Waals surface area contributed by atoms with E-state index in [0.717, 1.165) is 14.8 Å². The van der Waals surface area contributed by atoms with E-state index in [2.05, 4.69) is 48.8 Å². The van der Waals surface area contributed by atoms with E-state index in [0.29, 0.717) is 20.1 Å². The summed E-state index contributed by atoms with van der Waals surface area (Å²) in [6.45, 7) is 3.94. The number of aliphatic imine (C=N–C) groups is 1. The number of hydrogen-bond acceptors (Lipinski definition) is 7. The minimum absolute atomic E-state index is 0.0315. The lowest BCUT2D eigenvalue weighted by molar-refractivity contribution is -0.115. The highest BCUT2D eigenvalue weighted by Crippen LogP contribution is 2.40. The lowest BCUT2D eigenvalue weighted by Crippen LogP contribution is -2.19. The molecule has 4 rings (SSSR count). The first-order valence-electron chi connectivity index (χ1n) is 10.7. The largest absolute Gasteiger partial charge is 0.490 e. The molecular formula is C25H20BrIN2O5S2. The minimum atomic E-state index is -4.09. The molecule has 0 saturated carbocycles. The van der Waals surface area contributed by atoms with Crippen molar-refractivity contribution in [3.05, 3.63) is 84.7 Å². The first-order chi connectivity index (χ1) is 17.2. The molecule has 1 saturated heterocycles. The lowest BCUT2D eigenvalue weighted by atomic mass is 10.2. The molecule has 3 aromatic carbocycles. The maximum absolute atomic E-state index is 12.9. The Morgan fingerprint density at radius 2 is 1.86 bits per heavy atom. The molecule has 0 radical (unpaired) electrons. The van der Waals surface area contributed by atoms with Gasteiger partial charge < -0.3 is 14.2 Å². The van der Waals surface area contributed by atoms with Crippen LogP contribution >= 0.6 is 50.3 Å². The number of aryl methyl sites for hydroxylation is 1. The summed E-state index contributed by atoms with van der Waals surface area (Å²) in [5.74, 6) is -0.0180. The molecule has 1 aliphatic heterocycles. The number of rotatable bonds is 7. The SMILES string of the molecule is CCOc1cc(/C=C2/SC(=Nc3ccccc3I)NC2=O)cc(Br)c1OS(=O)(=O)c1ccc(C)cc1. The van der Waals surface area contributed by atoms with Crippen molar-refractivity contribution in [3.8, 4) is 11.5 Å². The molecule has 7 nitrogen and oxygen atoms in total. The third-order valence-corrected chi connectivity index (χ3v) is 8.50. The number of amides is 1. The van der Waals surface area contributed by atoms with E-state index in [1.807, 2.05) is 31.2 Å². The Morgan fingerprint density at radius 3 is 2.56 bits per heavy atom. The fourth-order valence-electron chi connectivity index (χ4n) is 3.16. The molecule has 0 aromatic heterocycles. The van der Waals surface area contributed by atoms with Crippen molar-refractivity contribution in [2.75, 3.05) is 6.61 Å². The van der Waals surface area contributed by atoms with Crippen LogP contribution in [0.1, 0.15) is 18.1 Å². The zero-order valence-corrected chi connectivity index (χ0v) is 24.5. The number of hydrogen-bond donors (Lipinski definition) is 1. The third-order valence-electron chi connectivity index (χ3n) is 4.86. The number of carbonyl (C=O) groups excluding carboxylic acids is 1. The van der Waals surface area contributed by atoms with Crippen molar-refractivity contribution in [1.82, 2.24) is 5.32 Å². The van der Waals surface area contributed by atoms with Crippen LogP contribution in [0, 0.1) is 10.5 Å². The molecule has 36 heavy (non-hydrogen) atoms. The standard InChI is InChI=1S/C25H20BrIN2O5S2/c1-3-33-21-13-16(12-18(26)23(21)34-36(31,32)17-10-8-15(2)9-11-17)14-22-24(30)29-25(35-22)28-20-7-5-4-6-19(20)27/h4-14H,3H2,1-2H3,(H,28,29,30)/b22-14+. The fraction of sp³-hybridized carbons (Fsp3) is 0.120. The van der Waals surface area contributed by atoms with Crippen LogP contribution in [0.2, 0.25) is 0 Å². The second-order valence-corrected chi connectivity index (χ2v) is 12.1. The highest BCUT2D eigenvalue weighted by molar-refractivity contribution is 14.1. The van der Waals surface area contributed by atoms with E-state index >= 15 is 0 Å². The van der Waals surface area contributed by atoms with Gasteiger partial charge in [-0.3, -0.25) is 4.79 Å². The number of para-hydroxylation sites is 1.